The summed E-state index contributed by atoms with van der Waals surface area (Å²) in [5.74, 6) is -0.554. The van der Waals surface area contributed by atoms with Gasteiger partial charge >= 0.3 is 0 Å². The number of carbonyl (C=O) groups excluding carboxylic acids is 1. The Bertz CT molecular complexity index is 652. The minimum atomic E-state index is -0.355. The second kappa shape index (κ2) is 6.51. The van der Waals surface area contributed by atoms with Crippen LogP contribution in [0.5, 0.6) is 0 Å². The number of amidine groups is 1. The van der Waals surface area contributed by atoms with Gasteiger partial charge in [0, 0.05) is 11.3 Å². The molecule has 0 fully saturated rings. The van der Waals surface area contributed by atoms with Crippen molar-refractivity contribution >= 4 is 17.4 Å². The Hall–Kier alpha value is -2.89. The molecule has 108 valence electrons. The lowest BCUT2D eigenvalue weighted by Crippen LogP contribution is -2.15. The van der Waals surface area contributed by atoms with Gasteiger partial charge in [-0.25, -0.2) is 4.39 Å². The number of amides is 1. The summed E-state index contributed by atoms with van der Waals surface area (Å²) in [4.78, 5) is 11.8. The Kier molecular flexibility index (Phi) is 4.50. The lowest BCUT2D eigenvalue weighted by Gasteiger charge is -2.06. The van der Waals surface area contributed by atoms with Gasteiger partial charge in [-0.15, -0.1) is 0 Å². The number of halogens is 1. The van der Waals surface area contributed by atoms with Crippen molar-refractivity contribution in [1.82, 2.24) is 0 Å². The van der Waals surface area contributed by atoms with E-state index in [4.69, 9.17) is 10.9 Å². The molecule has 0 aliphatic rings. The quantitative estimate of drug-likeness (QED) is 0.348. The number of nitrogens with two attached hydrogens (primary N) is 1. The average molecular weight is 287 g/mol. The molecular weight excluding hydrogens is 273 g/mol. The molecule has 0 atom stereocenters. The molecule has 21 heavy (non-hydrogen) atoms. The van der Waals surface area contributed by atoms with Crippen LogP contribution < -0.4 is 11.1 Å². The van der Waals surface area contributed by atoms with Crippen LogP contribution in [0, 0.1) is 5.82 Å². The summed E-state index contributed by atoms with van der Waals surface area (Å²) >= 11 is 0. The summed E-state index contributed by atoms with van der Waals surface area (Å²) in [6, 6.07) is 12.3. The molecule has 0 bridgehead atoms. The zero-order valence-electron chi connectivity index (χ0n) is 11.1. The molecule has 0 saturated heterocycles. The van der Waals surface area contributed by atoms with Crippen molar-refractivity contribution in [3.05, 3.63) is 65.5 Å². The van der Waals surface area contributed by atoms with Crippen molar-refractivity contribution < 1.29 is 14.4 Å². The van der Waals surface area contributed by atoms with Crippen LogP contribution in [-0.2, 0) is 11.2 Å². The van der Waals surface area contributed by atoms with Gasteiger partial charge in [-0.2, -0.15) is 0 Å². The second-order valence-corrected chi connectivity index (χ2v) is 4.41. The van der Waals surface area contributed by atoms with Crippen molar-refractivity contribution in [3.63, 3.8) is 0 Å². The van der Waals surface area contributed by atoms with Crippen LogP contribution in [0.25, 0.3) is 0 Å². The lowest BCUT2D eigenvalue weighted by atomic mass is 10.1. The van der Waals surface area contributed by atoms with Gasteiger partial charge < -0.3 is 16.3 Å². The van der Waals surface area contributed by atoms with E-state index in [0.717, 1.165) is 5.56 Å². The molecule has 4 N–H and O–H groups in total. The van der Waals surface area contributed by atoms with E-state index in [1.807, 2.05) is 0 Å². The number of rotatable bonds is 4. The molecule has 0 radical (unpaired) electrons. The van der Waals surface area contributed by atoms with E-state index in [2.05, 4.69) is 10.5 Å². The first-order valence-corrected chi connectivity index (χ1v) is 6.21. The molecular formula is C15H14FN3O2. The Morgan fingerprint density at radius 1 is 1.14 bits per heavy atom. The van der Waals surface area contributed by atoms with Gasteiger partial charge in [0.15, 0.2) is 5.84 Å². The van der Waals surface area contributed by atoms with E-state index in [9.17, 15) is 9.18 Å². The molecule has 0 unspecified atom stereocenters. The molecule has 2 aromatic carbocycles. The SMILES string of the molecule is NC(=NO)c1ccc(CC(=O)Nc2ccc(F)cc2)cc1. The van der Waals surface area contributed by atoms with Crippen LogP contribution in [-0.4, -0.2) is 17.0 Å². The van der Waals surface area contributed by atoms with Crippen molar-refractivity contribution in [1.29, 1.82) is 0 Å². The number of hydrogen-bond donors (Lipinski definition) is 3. The normalized spacial score (nSPS) is 11.2. The van der Waals surface area contributed by atoms with Gasteiger partial charge in [-0.1, -0.05) is 29.4 Å². The maximum atomic E-state index is 12.8. The van der Waals surface area contributed by atoms with Crippen molar-refractivity contribution in [2.24, 2.45) is 10.9 Å². The molecule has 0 aliphatic carbocycles. The molecule has 0 heterocycles. The van der Waals surface area contributed by atoms with Gasteiger partial charge in [0.2, 0.25) is 5.91 Å². The highest BCUT2D eigenvalue weighted by Gasteiger charge is 2.05. The van der Waals surface area contributed by atoms with Crippen LogP contribution in [0.1, 0.15) is 11.1 Å². The van der Waals surface area contributed by atoms with Crippen molar-refractivity contribution in [2.45, 2.75) is 6.42 Å². The number of oxime groups is 1. The molecule has 2 aromatic rings. The lowest BCUT2D eigenvalue weighted by molar-refractivity contribution is -0.115. The first-order valence-electron chi connectivity index (χ1n) is 6.21. The molecule has 6 heteroatoms. The third-order valence-corrected chi connectivity index (χ3v) is 2.85. The zero-order valence-corrected chi connectivity index (χ0v) is 11.1. The summed E-state index contributed by atoms with van der Waals surface area (Å²) in [6.45, 7) is 0. The van der Waals surface area contributed by atoms with Crippen LogP contribution in [0.4, 0.5) is 10.1 Å². The maximum Gasteiger partial charge on any atom is 0.228 e. The van der Waals surface area contributed by atoms with Gasteiger partial charge in [-0.3, -0.25) is 4.79 Å². The van der Waals surface area contributed by atoms with E-state index in [-0.39, 0.29) is 24.0 Å². The highest BCUT2D eigenvalue weighted by molar-refractivity contribution is 5.97. The second-order valence-electron chi connectivity index (χ2n) is 4.41. The third kappa shape index (κ3) is 4.04. The first kappa shape index (κ1) is 14.5. The highest BCUT2D eigenvalue weighted by atomic mass is 19.1. The molecule has 0 aromatic heterocycles. The monoisotopic (exact) mass is 287 g/mol. The minimum Gasteiger partial charge on any atom is -0.409 e. The molecule has 0 aliphatic heterocycles. The number of anilines is 1. The molecule has 0 saturated carbocycles. The fraction of sp³-hybridized carbons (Fsp3) is 0.0667. The molecule has 5 nitrogen and oxygen atoms in total. The fourth-order valence-corrected chi connectivity index (χ4v) is 1.77. The Balaban J connectivity index is 1.98. The maximum absolute atomic E-state index is 12.8. The topological polar surface area (TPSA) is 87.7 Å². The summed E-state index contributed by atoms with van der Waals surface area (Å²) in [5, 5.41) is 14.1. The van der Waals surface area contributed by atoms with Crippen molar-refractivity contribution in [3.8, 4) is 0 Å². The van der Waals surface area contributed by atoms with Gasteiger partial charge in [0.1, 0.15) is 5.82 Å². The zero-order chi connectivity index (χ0) is 15.2. The number of nitrogens with one attached hydrogen (secondary N) is 1. The summed E-state index contributed by atoms with van der Waals surface area (Å²) in [5.41, 5.74) is 7.34. The van der Waals surface area contributed by atoms with E-state index in [1.54, 1.807) is 24.3 Å². The molecule has 1 amide bonds. The van der Waals surface area contributed by atoms with E-state index in [0.29, 0.717) is 11.3 Å². The Labute approximate surface area is 120 Å². The predicted molar refractivity (Wildman–Crippen MR) is 77.7 cm³/mol. The molecule has 0 spiro atoms. The van der Waals surface area contributed by atoms with Gasteiger partial charge in [0.25, 0.3) is 0 Å². The fourth-order valence-electron chi connectivity index (χ4n) is 1.77. The predicted octanol–water partition coefficient (Wildman–Crippen LogP) is 2.10. The third-order valence-electron chi connectivity index (χ3n) is 2.85. The van der Waals surface area contributed by atoms with E-state index in [1.165, 1.54) is 24.3 Å². The van der Waals surface area contributed by atoms with Crippen LogP contribution in [0.3, 0.4) is 0 Å². The van der Waals surface area contributed by atoms with E-state index < -0.39 is 0 Å². The van der Waals surface area contributed by atoms with Gasteiger partial charge in [0.05, 0.1) is 6.42 Å². The summed E-state index contributed by atoms with van der Waals surface area (Å²) in [6.07, 6.45) is 0.174. The van der Waals surface area contributed by atoms with Crippen LogP contribution in [0.2, 0.25) is 0 Å². The van der Waals surface area contributed by atoms with Gasteiger partial charge in [-0.05, 0) is 29.8 Å². The summed E-state index contributed by atoms with van der Waals surface area (Å²) in [7, 11) is 0. The number of benzene rings is 2. The standard InChI is InChI=1S/C15H14FN3O2/c16-12-5-7-13(8-6-12)18-14(20)9-10-1-3-11(4-2-10)15(17)19-21/h1-8,21H,9H2,(H2,17,19)(H,18,20). The first-order chi connectivity index (χ1) is 10.1. The smallest absolute Gasteiger partial charge is 0.228 e. The number of nitrogens with zero attached hydrogens (tertiary/aromatic N) is 1. The van der Waals surface area contributed by atoms with Crippen LogP contribution >= 0.6 is 0 Å². The average Bonchev–Trinajstić information content (AvgIpc) is 2.49. The largest absolute Gasteiger partial charge is 0.409 e. The summed E-state index contributed by atoms with van der Waals surface area (Å²) < 4.78 is 12.8. The molecule has 2 rings (SSSR count). The number of carbonyl (C=O) groups is 1. The van der Waals surface area contributed by atoms with Crippen LogP contribution in [0.15, 0.2) is 53.7 Å². The Morgan fingerprint density at radius 2 is 1.76 bits per heavy atom. The Morgan fingerprint density at radius 3 is 2.33 bits per heavy atom. The minimum absolute atomic E-state index is 0.0114. The number of hydrogen-bond acceptors (Lipinski definition) is 3. The van der Waals surface area contributed by atoms with Crippen molar-refractivity contribution in [2.75, 3.05) is 5.32 Å². The highest BCUT2D eigenvalue weighted by Crippen LogP contribution is 2.10. The van der Waals surface area contributed by atoms with E-state index >= 15 is 0 Å².